The van der Waals surface area contributed by atoms with Crippen molar-refractivity contribution in [2.45, 2.75) is 30.1 Å². The van der Waals surface area contributed by atoms with E-state index in [0.29, 0.717) is 12.0 Å². The van der Waals surface area contributed by atoms with Crippen molar-refractivity contribution in [1.29, 1.82) is 0 Å². The van der Waals surface area contributed by atoms with Crippen LogP contribution in [0.25, 0.3) is 0 Å². The lowest BCUT2D eigenvalue weighted by atomic mass is 10.2. The highest BCUT2D eigenvalue weighted by Gasteiger charge is 2.34. The van der Waals surface area contributed by atoms with E-state index in [1.165, 1.54) is 22.5 Å². The van der Waals surface area contributed by atoms with Gasteiger partial charge in [0.2, 0.25) is 0 Å². The van der Waals surface area contributed by atoms with Crippen LogP contribution in [0.2, 0.25) is 0 Å². The molecule has 3 atom stereocenters. The second-order valence-electron chi connectivity index (χ2n) is 4.09. The van der Waals surface area contributed by atoms with Gasteiger partial charge in [0, 0.05) is 18.2 Å². The topological polar surface area (TPSA) is 95.3 Å². The lowest BCUT2D eigenvalue weighted by Gasteiger charge is -2.13. The summed E-state index contributed by atoms with van der Waals surface area (Å²) in [6, 6.07) is 0. The molecule has 3 N–H and O–H groups in total. The summed E-state index contributed by atoms with van der Waals surface area (Å²) in [7, 11) is 0. The van der Waals surface area contributed by atoms with Crippen LogP contribution >= 0.6 is 11.8 Å². The quantitative estimate of drug-likeness (QED) is 0.645. The summed E-state index contributed by atoms with van der Waals surface area (Å²) in [4.78, 5) is 25.1. The lowest BCUT2D eigenvalue weighted by molar-refractivity contribution is 0.137. The number of rotatable bonds is 2. The van der Waals surface area contributed by atoms with Crippen molar-refractivity contribution < 1.29 is 10.2 Å². The first-order chi connectivity index (χ1) is 8.02. The summed E-state index contributed by atoms with van der Waals surface area (Å²) in [5.74, 6) is 0. The second-order valence-corrected chi connectivity index (χ2v) is 5.52. The number of aromatic amines is 1. The molecule has 6 nitrogen and oxygen atoms in total. The van der Waals surface area contributed by atoms with E-state index >= 15 is 0 Å². The smallest absolute Gasteiger partial charge is 0.329 e. The zero-order valence-electron chi connectivity index (χ0n) is 9.29. The van der Waals surface area contributed by atoms with E-state index in [-0.39, 0.29) is 17.2 Å². The molecule has 0 radical (unpaired) electrons. The van der Waals surface area contributed by atoms with Crippen molar-refractivity contribution in [3.8, 4) is 0 Å². The molecule has 7 heteroatoms. The van der Waals surface area contributed by atoms with Crippen molar-refractivity contribution >= 4 is 11.8 Å². The van der Waals surface area contributed by atoms with Crippen LogP contribution in [0.15, 0.2) is 15.8 Å². The predicted octanol–water partition coefficient (Wildman–Crippen LogP) is -0.798. The highest BCUT2D eigenvalue weighted by molar-refractivity contribution is 8.00. The van der Waals surface area contributed by atoms with E-state index in [0.717, 1.165) is 0 Å². The van der Waals surface area contributed by atoms with Crippen molar-refractivity contribution in [1.82, 2.24) is 9.55 Å². The molecule has 1 aromatic heterocycles. The average molecular weight is 258 g/mol. The molecule has 0 saturated carbocycles. The van der Waals surface area contributed by atoms with Gasteiger partial charge in [0.1, 0.15) is 0 Å². The molecule has 0 amide bonds. The Morgan fingerprint density at radius 2 is 2.29 bits per heavy atom. The van der Waals surface area contributed by atoms with Crippen molar-refractivity contribution in [2.24, 2.45) is 0 Å². The molecule has 1 unspecified atom stereocenters. The fourth-order valence-electron chi connectivity index (χ4n) is 1.85. The minimum atomic E-state index is -0.630. The second kappa shape index (κ2) is 4.67. The Morgan fingerprint density at radius 3 is 2.88 bits per heavy atom. The molecular weight excluding hydrogens is 244 g/mol. The fraction of sp³-hybridized carbons (Fsp3) is 0.600. The summed E-state index contributed by atoms with van der Waals surface area (Å²) >= 11 is 1.34. The summed E-state index contributed by atoms with van der Waals surface area (Å²) in [5, 5.41) is 18.2. The molecule has 0 bridgehead atoms. The van der Waals surface area contributed by atoms with Crippen LogP contribution in [0.3, 0.4) is 0 Å². The Morgan fingerprint density at radius 1 is 1.59 bits per heavy atom. The molecule has 2 rings (SSSR count). The summed E-state index contributed by atoms with van der Waals surface area (Å²) in [6.45, 7) is 1.49. The summed E-state index contributed by atoms with van der Waals surface area (Å²) in [6.07, 6.45) is 1.25. The minimum absolute atomic E-state index is 0.126. The van der Waals surface area contributed by atoms with Gasteiger partial charge in [0.25, 0.3) is 5.56 Å². The van der Waals surface area contributed by atoms with Gasteiger partial charge >= 0.3 is 5.69 Å². The Balaban J connectivity index is 2.34. The zero-order chi connectivity index (χ0) is 12.6. The first-order valence-electron chi connectivity index (χ1n) is 5.29. The maximum atomic E-state index is 11.6. The van der Waals surface area contributed by atoms with Crippen LogP contribution in [-0.4, -0.2) is 37.7 Å². The normalized spacial score (nSPS) is 28.5. The van der Waals surface area contributed by atoms with Crippen LogP contribution < -0.4 is 11.2 Å². The first-order valence-corrected chi connectivity index (χ1v) is 6.23. The number of aryl methyl sites for hydroxylation is 1. The number of hydrogen-bond donors (Lipinski definition) is 3. The van der Waals surface area contributed by atoms with Gasteiger partial charge in [-0.1, -0.05) is 0 Å². The summed E-state index contributed by atoms with van der Waals surface area (Å²) < 4.78 is 1.40. The highest BCUT2D eigenvalue weighted by Crippen LogP contribution is 2.40. The van der Waals surface area contributed by atoms with Gasteiger partial charge in [0.15, 0.2) is 0 Å². The average Bonchev–Trinajstić information content (AvgIpc) is 2.65. The van der Waals surface area contributed by atoms with E-state index in [4.69, 9.17) is 5.11 Å². The molecule has 0 aliphatic carbocycles. The van der Waals surface area contributed by atoms with Gasteiger partial charge in [-0.05, 0) is 6.92 Å². The predicted molar refractivity (Wildman–Crippen MR) is 64.2 cm³/mol. The number of thioether (sulfide) groups is 1. The molecule has 0 aromatic carbocycles. The monoisotopic (exact) mass is 258 g/mol. The van der Waals surface area contributed by atoms with Crippen LogP contribution in [0.1, 0.15) is 17.4 Å². The number of nitrogens with one attached hydrogen (secondary N) is 1. The van der Waals surface area contributed by atoms with E-state index in [9.17, 15) is 14.7 Å². The number of nitrogens with zero attached hydrogens (tertiary/aromatic N) is 1. The lowest BCUT2D eigenvalue weighted by Crippen LogP contribution is -2.32. The molecule has 1 aromatic rings. The molecule has 1 aliphatic rings. The SMILES string of the molecule is Cc1cn([C@@H]2CC(O)[C@@H](CO)S2)c(=O)[nH]c1=O. The van der Waals surface area contributed by atoms with Gasteiger partial charge in [-0.3, -0.25) is 14.3 Å². The maximum absolute atomic E-state index is 11.6. The Labute approximate surface area is 101 Å². The fourth-order valence-corrected chi connectivity index (χ4v) is 3.23. The number of aliphatic hydroxyl groups is 2. The number of aromatic nitrogens is 2. The van der Waals surface area contributed by atoms with Gasteiger partial charge in [-0.2, -0.15) is 0 Å². The van der Waals surface area contributed by atoms with E-state index < -0.39 is 17.4 Å². The number of aliphatic hydroxyl groups excluding tert-OH is 2. The van der Waals surface area contributed by atoms with Gasteiger partial charge in [-0.25, -0.2) is 4.79 Å². The molecule has 94 valence electrons. The van der Waals surface area contributed by atoms with Crippen molar-refractivity contribution in [2.75, 3.05) is 6.61 Å². The zero-order valence-corrected chi connectivity index (χ0v) is 10.1. The van der Waals surface area contributed by atoms with Crippen LogP contribution in [0, 0.1) is 6.92 Å². The van der Waals surface area contributed by atoms with Crippen LogP contribution in [-0.2, 0) is 0 Å². The molecule has 1 fully saturated rings. The van der Waals surface area contributed by atoms with Crippen LogP contribution in [0.4, 0.5) is 0 Å². The first kappa shape index (κ1) is 12.4. The Bertz CT molecular complexity index is 524. The summed E-state index contributed by atoms with van der Waals surface area (Å²) in [5.41, 5.74) is -0.426. The number of H-pyrrole nitrogens is 1. The minimum Gasteiger partial charge on any atom is -0.395 e. The molecular formula is C10H14N2O4S. The molecule has 1 aliphatic heterocycles. The van der Waals surface area contributed by atoms with Gasteiger partial charge in [0.05, 0.1) is 23.3 Å². The third-order valence-electron chi connectivity index (χ3n) is 2.84. The van der Waals surface area contributed by atoms with E-state index in [1.807, 2.05) is 0 Å². The maximum Gasteiger partial charge on any atom is 0.329 e. The number of hydrogen-bond acceptors (Lipinski definition) is 5. The Kier molecular flexibility index (Phi) is 3.41. The molecule has 0 spiro atoms. The van der Waals surface area contributed by atoms with Gasteiger partial charge < -0.3 is 10.2 Å². The largest absolute Gasteiger partial charge is 0.395 e. The van der Waals surface area contributed by atoms with Crippen LogP contribution in [0.5, 0.6) is 0 Å². The molecule has 1 saturated heterocycles. The van der Waals surface area contributed by atoms with Gasteiger partial charge in [-0.15, -0.1) is 11.8 Å². The Hall–Kier alpha value is -1.05. The molecule has 2 heterocycles. The third-order valence-corrected chi connectivity index (χ3v) is 4.39. The third kappa shape index (κ3) is 2.31. The van der Waals surface area contributed by atoms with Crippen molar-refractivity contribution in [3.05, 3.63) is 32.6 Å². The van der Waals surface area contributed by atoms with E-state index in [2.05, 4.69) is 4.98 Å². The van der Waals surface area contributed by atoms with Crippen molar-refractivity contribution in [3.63, 3.8) is 0 Å². The highest BCUT2D eigenvalue weighted by atomic mass is 32.2. The molecule has 17 heavy (non-hydrogen) atoms. The standard InChI is InChI=1S/C10H14N2O4S/c1-5-3-12(10(16)11-9(5)15)8-2-6(14)7(4-13)17-8/h3,6-8,13-14H,2,4H2,1H3,(H,11,15,16)/t6?,7-,8+/m1/s1. The van der Waals surface area contributed by atoms with E-state index in [1.54, 1.807) is 6.92 Å².